The molecule has 0 saturated heterocycles. The van der Waals surface area contributed by atoms with Gasteiger partial charge in [0.25, 0.3) is 5.56 Å². The van der Waals surface area contributed by atoms with Gasteiger partial charge in [-0.15, -0.1) is 0 Å². The summed E-state index contributed by atoms with van der Waals surface area (Å²) < 4.78 is 2.10. The van der Waals surface area contributed by atoms with Crippen LogP contribution in [0.3, 0.4) is 0 Å². The molecule has 2 rings (SSSR count). The van der Waals surface area contributed by atoms with Gasteiger partial charge in [0, 0.05) is 18.0 Å². The predicted molar refractivity (Wildman–Crippen MR) is 51.4 cm³/mol. The van der Waals surface area contributed by atoms with Crippen LogP contribution in [0.15, 0.2) is 23.1 Å². The second-order valence-electron chi connectivity index (χ2n) is 2.72. The van der Waals surface area contributed by atoms with Gasteiger partial charge in [0.15, 0.2) is 4.77 Å². The number of aromatic nitrogens is 3. The number of aryl methyl sites for hydroxylation is 1. The molecular formula is C8H7N3OS. The van der Waals surface area contributed by atoms with Crippen LogP contribution in [-0.4, -0.2) is 14.4 Å². The number of hydrogen-bond donors (Lipinski definition) is 1. The molecule has 13 heavy (non-hydrogen) atoms. The molecule has 0 bridgehead atoms. The molecule has 2 aromatic heterocycles. The molecule has 2 heterocycles. The zero-order valence-corrected chi connectivity index (χ0v) is 7.76. The standard InChI is InChI=1S/C8H7N3OS/c1-5-2-3-9-6-4-7(12)10-8(13)11(5)6/h2-4H,1H3,(H,10,12,13). The number of nitrogens with one attached hydrogen (secondary N) is 1. The summed E-state index contributed by atoms with van der Waals surface area (Å²) in [5, 5.41) is 0. The average Bonchev–Trinajstić information content (AvgIpc) is 2.02. The summed E-state index contributed by atoms with van der Waals surface area (Å²) in [6.45, 7) is 1.91. The van der Waals surface area contributed by atoms with Crippen LogP contribution in [-0.2, 0) is 0 Å². The van der Waals surface area contributed by atoms with Crippen LogP contribution >= 0.6 is 12.2 Å². The van der Waals surface area contributed by atoms with E-state index in [-0.39, 0.29) is 5.56 Å². The van der Waals surface area contributed by atoms with E-state index in [4.69, 9.17) is 12.2 Å². The Kier molecular flexibility index (Phi) is 1.73. The monoisotopic (exact) mass is 193 g/mol. The molecule has 0 aliphatic rings. The Morgan fingerprint density at radius 2 is 2.38 bits per heavy atom. The maximum atomic E-state index is 11.0. The zero-order valence-electron chi connectivity index (χ0n) is 6.94. The van der Waals surface area contributed by atoms with Crippen molar-refractivity contribution in [2.45, 2.75) is 6.92 Å². The minimum atomic E-state index is -0.219. The molecule has 0 aliphatic heterocycles. The van der Waals surface area contributed by atoms with E-state index in [0.717, 1.165) is 5.69 Å². The van der Waals surface area contributed by atoms with Gasteiger partial charge < -0.3 is 0 Å². The normalized spacial score (nSPS) is 10.5. The summed E-state index contributed by atoms with van der Waals surface area (Å²) in [4.78, 5) is 17.6. The third-order valence-corrected chi connectivity index (χ3v) is 2.08. The maximum absolute atomic E-state index is 11.0. The van der Waals surface area contributed by atoms with E-state index in [1.165, 1.54) is 6.07 Å². The van der Waals surface area contributed by atoms with Gasteiger partial charge in [-0.2, -0.15) is 0 Å². The quantitative estimate of drug-likeness (QED) is 0.636. The number of hydrogen-bond acceptors (Lipinski definition) is 3. The lowest BCUT2D eigenvalue weighted by atomic mass is 10.4. The highest BCUT2D eigenvalue weighted by molar-refractivity contribution is 7.71. The van der Waals surface area contributed by atoms with E-state index in [1.807, 2.05) is 13.0 Å². The van der Waals surface area contributed by atoms with E-state index in [0.29, 0.717) is 10.4 Å². The maximum Gasteiger partial charge on any atom is 0.253 e. The Balaban J connectivity index is 3.12. The first-order valence-corrected chi connectivity index (χ1v) is 4.17. The van der Waals surface area contributed by atoms with Crippen LogP contribution in [0.4, 0.5) is 0 Å². The fourth-order valence-corrected chi connectivity index (χ4v) is 1.55. The highest BCUT2D eigenvalue weighted by Crippen LogP contribution is 2.00. The predicted octanol–water partition coefficient (Wildman–Crippen LogP) is 1.06. The highest BCUT2D eigenvalue weighted by atomic mass is 32.1. The van der Waals surface area contributed by atoms with Crippen molar-refractivity contribution in [1.29, 1.82) is 0 Å². The van der Waals surface area contributed by atoms with Gasteiger partial charge in [0.05, 0.1) is 0 Å². The molecule has 0 amide bonds. The van der Waals surface area contributed by atoms with Crippen LogP contribution in [0.5, 0.6) is 0 Å². The minimum absolute atomic E-state index is 0.219. The van der Waals surface area contributed by atoms with Gasteiger partial charge in [-0.1, -0.05) is 0 Å². The molecule has 0 atom stereocenters. The molecule has 0 radical (unpaired) electrons. The fourth-order valence-electron chi connectivity index (χ4n) is 1.22. The number of fused-ring (bicyclic) bond motifs is 1. The van der Waals surface area contributed by atoms with Crippen LogP contribution in [0.1, 0.15) is 5.69 Å². The largest absolute Gasteiger partial charge is 0.299 e. The summed E-state index contributed by atoms with van der Waals surface area (Å²) in [7, 11) is 0. The lowest BCUT2D eigenvalue weighted by Gasteiger charge is -2.02. The molecule has 1 N–H and O–H groups in total. The first kappa shape index (κ1) is 8.12. The Bertz CT molecular complexity index is 569. The van der Waals surface area contributed by atoms with E-state index < -0.39 is 0 Å². The van der Waals surface area contributed by atoms with Gasteiger partial charge in [0.1, 0.15) is 5.65 Å². The number of rotatable bonds is 0. The molecule has 66 valence electrons. The Labute approximate surface area is 78.9 Å². The first-order chi connectivity index (χ1) is 6.18. The van der Waals surface area contributed by atoms with Crippen molar-refractivity contribution in [3.05, 3.63) is 39.1 Å². The SMILES string of the molecule is Cc1ccnc2cc(=O)[nH]c(=S)n12. The Morgan fingerprint density at radius 1 is 1.62 bits per heavy atom. The second-order valence-corrected chi connectivity index (χ2v) is 3.11. The van der Waals surface area contributed by atoms with Gasteiger partial charge in [-0.3, -0.25) is 14.2 Å². The molecule has 0 aromatic carbocycles. The first-order valence-electron chi connectivity index (χ1n) is 3.76. The number of nitrogens with zero attached hydrogens (tertiary/aromatic N) is 2. The van der Waals surface area contributed by atoms with E-state index in [2.05, 4.69) is 9.97 Å². The summed E-state index contributed by atoms with van der Waals surface area (Å²) in [5.41, 5.74) is 1.31. The minimum Gasteiger partial charge on any atom is -0.299 e. The third-order valence-electron chi connectivity index (χ3n) is 1.80. The molecule has 0 spiro atoms. The van der Waals surface area contributed by atoms with E-state index >= 15 is 0 Å². The van der Waals surface area contributed by atoms with Crippen molar-refractivity contribution in [3.8, 4) is 0 Å². The number of H-pyrrole nitrogens is 1. The average molecular weight is 193 g/mol. The van der Waals surface area contributed by atoms with Crippen molar-refractivity contribution in [2.24, 2.45) is 0 Å². The Hall–Kier alpha value is -1.49. The smallest absolute Gasteiger partial charge is 0.253 e. The molecule has 0 unspecified atom stereocenters. The lowest BCUT2D eigenvalue weighted by molar-refractivity contribution is 0.946. The molecule has 0 fully saturated rings. The van der Waals surface area contributed by atoms with Crippen LogP contribution in [0.25, 0.3) is 5.65 Å². The second kappa shape index (κ2) is 2.77. The summed E-state index contributed by atoms with van der Waals surface area (Å²) >= 11 is 5.00. The van der Waals surface area contributed by atoms with E-state index in [9.17, 15) is 4.79 Å². The van der Waals surface area contributed by atoms with Crippen molar-refractivity contribution in [2.75, 3.05) is 0 Å². The van der Waals surface area contributed by atoms with Crippen molar-refractivity contribution in [1.82, 2.24) is 14.4 Å². The molecule has 0 aliphatic carbocycles. The van der Waals surface area contributed by atoms with Crippen LogP contribution in [0.2, 0.25) is 0 Å². The molecule has 4 nitrogen and oxygen atoms in total. The zero-order chi connectivity index (χ0) is 9.42. The van der Waals surface area contributed by atoms with Gasteiger partial charge in [-0.05, 0) is 25.2 Å². The molecular weight excluding hydrogens is 186 g/mol. The van der Waals surface area contributed by atoms with Crippen molar-refractivity contribution in [3.63, 3.8) is 0 Å². The summed E-state index contributed by atoms with van der Waals surface area (Å²) in [6.07, 6.45) is 1.65. The van der Waals surface area contributed by atoms with Gasteiger partial charge >= 0.3 is 0 Å². The third kappa shape index (κ3) is 1.27. The molecule has 5 heteroatoms. The lowest BCUT2D eigenvalue weighted by Crippen LogP contribution is -2.10. The highest BCUT2D eigenvalue weighted by Gasteiger charge is 1.97. The van der Waals surface area contributed by atoms with Crippen molar-refractivity contribution < 1.29 is 0 Å². The van der Waals surface area contributed by atoms with E-state index in [1.54, 1.807) is 10.6 Å². The van der Waals surface area contributed by atoms with Crippen LogP contribution in [0, 0.1) is 11.7 Å². The summed E-state index contributed by atoms with van der Waals surface area (Å²) in [6, 6.07) is 3.25. The van der Waals surface area contributed by atoms with Crippen molar-refractivity contribution >= 4 is 17.9 Å². The fraction of sp³-hybridized carbons (Fsp3) is 0.125. The Morgan fingerprint density at radius 3 is 3.15 bits per heavy atom. The topological polar surface area (TPSA) is 50.2 Å². The number of aromatic amines is 1. The van der Waals surface area contributed by atoms with Crippen LogP contribution < -0.4 is 5.56 Å². The summed E-state index contributed by atoms with van der Waals surface area (Å²) in [5.74, 6) is 0. The van der Waals surface area contributed by atoms with Gasteiger partial charge in [0.2, 0.25) is 0 Å². The van der Waals surface area contributed by atoms with Gasteiger partial charge in [-0.25, -0.2) is 4.98 Å². The molecule has 2 aromatic rings. The molecule has 0 saturated carbocycles.